The molecular weight excluding hydrogens is 286 g/mol. The monoisotopic (exact) mass is 303 g/mol. The van der Waals surface area contributed by atoms with E-state index in [0.29, 0.717) is 24.7 Å². The fraction of sp³-hybridized carbons (Fsp3) is 0.176. The summed E-state index contributed by atoms with van der Waals surface area (Å²) in [5.41, 5.74) is 2.12. The molecule has 0 aliphatic carbocycles. The minimum Gasteiger partial charge on any atom is -0.493 e. The van der Waals surface area contributed by atoms with E-state index in [1.54, 1.807) is 13.2 Å². The van der Waals surface area contributed by atoms with Crippen molar-refractivity contribution in [2.45, 2.75) is 6.54 Å². The number of nitrogens with one attached hydrogen (secondary N) is 1. The molecule has 1 N–H and O–H groups in total. The number of anilines is 1. The lowest BCUT2D eigenvalue weighted by atomic mass is 10.2. The van der Waals surface area contributed by atoms with E-state index in [1.165, 1.54) is 0 Å². The van der Waals surface area contributed by atoms with E-state index in [1.807, 2.05) is 42.5 Å². The van der Waals surface area contributed by atoms with Crippen LogP contribution in [-0.2, 0) is 6.54 Å². The Hall–Kier alpha value is -2.13. The number of hydrogen-bond acceptors (Lipinski definition) is 3. The van der Waals surface area contributed by atoms with Gasteiger partial charge in [0.25, 0.3) is 0 Å². The minimum absolute atomic E-state index is 0.457. The molecule has 0 fully saturated rings. The molecule has 110 valence electrons. The zero-order valence-corrected chi connectivity index (χ0v) is 12.7. The molecule has 0 heterocycles. The Morgan fingerprint density at radius 3 is 2.57 bits per heavy atom. The highest BCUT2D eigenvalue weighted by Gasteiger charge is 2.05. The van der Waals surface area contributed by atoms with E-state index in [9.17, 15) is 0 Å². The first-order chi connectivity index (χ1) is 10.2. The van der Waals surface area contributed by atoms with Gasteiger partial charge in [-0.05, 0) is 42.0 Å². The van der Waals surface area contributed by atoms with Crippen molar-refractivity contribution in [3.63, 3.8) is 0 Å². The molecule has 0 saturated carbocycles. The van der Waals surface area contributed by atoms with Crippen molar-refractivity contribution in [3.05, 3.63) is 65.7 Å². The number of hydrogen-bond donors (Lipinski definition) is 1. The van der Waals surface area contributed by atoms with Crippen molar-refractivity contribution >= 4 is 17.3 Å². The third kappa shape index (κ3) is 4.43. The van der Waals surface area contributed by atoms with Gasteiger partial charge in [0, 0.05) is 17.3 Å². The van der Waals surface area contributed by atoms with Gasteiger partial charge in [0.05, 0.1) is 7.11 Å². The molecule has 2 aromatic carbocycles. The highest BCUT2D eigenvalue weighted by molar-refractivity contribution is 6.30. The molecule has 0 bridgehead atoms. The minimum atomic E-state index is 0.457. The summed E-state index contributed by atoms with van der Waals surface area (Å²) in [6.07, 6.45) is 1.70. The number of rotatable bonds is 7. The van der Waals surface area contributed by atoms with E-state index >= 15 is 0 Å². The quantitative estimate of drug-likeness (QED) is 0.763. The maximum absolute atomic E-state index is 5.86. The predicted molar refractivity (Wildman–Crippen MR) is 87.5 cm³/mol. The molecule has 0 aliphatic rings. The molecule has 0 atom stereocenters. The van der Waals surface area contributed by atoms with Crippen LogP contribution in [0.1, 0.15) is 5.56 Å². The van der Waals surface area contributed by atoms with Crippen LogP contribution in [0.4, 0.5) is 5.69 Å². The number of benzene rings is 2. The highest BCUT2D eigenvalue weighted by Crippen LogP contribution is 2.28. The second-order valence-electron chi connectivity index (χ2n) is 4.45. The summed E-state index contributed by atoms with van der Waals surface area (Å²) in [6, 6.07) is 13.5. The lowest BCUT2D eigenvalue weighted by Gasteiger charge is -2.12. The topological polar surface area (TPSA) is 30.5 Å². The van der Waals surface area contributed by atoms with Crippen LogP contribution in [0, 0.1) is 0 Å². The first-order valence-electron chi connectivity index (χ1n) is 6.63. The van der Waals surface area contributed by atoms with Crippen LogP contribution in [0.25, 0.3) is 0 Å². The molecular formula is C17H18ClNO2. The van der Waals surface area contributed by atoms with E-state index < -0.39 is 0 Å². The molecule has 0 saturated heterocycles. The Morgan fingerprint density at radius 2 is 1.90 bits per heavy atom. The van der Waals surface area contributed by atoms with E-state index in [0.717, 1.165) is 16.3 Å². The Morgan fingerprint density at radius 1 is 1.14 bits per heavy atom. The summed E-state index contributed by atoms with van der Waals surface area (Å²) in [5.74, 6) is 1.43. The van der Waals surface area contributed by atoms with Crippen LogP contribution in [0.3, 0.4) is 0 Å². The van der Waals surface area contributed by atoms with E-state index in [4.69, 9.17) is 21.1 Å². The lowest BCUT2D eigenvalue weighted by molar-refractivity contribution is 0.326. The molecule has 0 aliphatic heterocycles. The van der Waals surface area contributed by atoms with E-state index in [2.05, 4.69) is 11.9 Å². The Bertz CT molecular complexity index is 596. The molecule has 0 unspecified atom stereocenters. The molecule has 0 spiro atoms. The molecule has 2 aromatic rings. The van der Waals surface area contributed by atoms with Gasteiger partial charge in [-0.25, -0.2) is 0 Å². The number of halogens is 1. The second kappa shape index (κ2) is 7.60. The van der Waals surface area contributed by atoms with Gasteiger partial charge in [-0.1, -0.05) is 30.3 Å². The average Bonchev–Trinajstić information content (AvgIpc) is 2.52. The molecule has 0 radical (unpaired) electrons. The van der Waals surface area contributed by atoms with E-state index in [-0.39, 0.29) is 0 Å². The number of methoxy groups -OCH3 is 1. The van der Waals surface area contributed by atoms with Crippen LogP contribution >= 0.6 is 11.6 Å². The van der Waals surface area contributed by atoms with Gasteiger partial charge in [0.1, 0.15) is 6.61 Å². The maximum atomic E-state index is 5.86. The molecule has 2 rings (SSSR count). The normalized spacial score (nSPS) is 10.0. The number of ether oxygens (including phenoxy) is 2. The molecule has 21 heavy (non-hydrogen) atoms. The van der Waals surface area contributed by atoms with Gasteiger partial charge in [-0.3, -0.25) is 0 Å². The fourth-order valence-corrected chi connectivity index (χ4v) is 1.99. The third-order valence-corrected chi connectivity index (χ3v) is 3.18. The van der Waals surface area contributed by atoms with Gasteiger partial charge in [0.15, 0.2) is 11.5 Å². The summed E-state index contributed by atoms with van der Waals surface area (Å²) in [6.45, 7) is 4.78. The zero-order chi connectivity index (χ0) is 15.1. The van der Waals surface area contributed by atoms with Crippen molar-refractivity contribution in [1.29, 1.82) is 0 Å². The third-order valence-electron chi connectivity index (χ3n) is 2.93. The van der Waals surface area contributed by atoms with Crippen molar-refractivity contribution in [2.75, 3.05) is 19.0 Å². The summed E-state index contributed by atoms with van der Waals surface area (Å²) < 4.78 is 10.9. The Labute approximate surface area is 130 Å². The summed E-state index contributed by atoms with van der Waals surface area (Å²) >= 11 is 5.86. The highest BCUT2D eigenvalue weighted by atomic mass is 35.5. The van der Waals surface area contributed by atoms with Crippen LogP contribution < -0.4 is 14.8 Å². The molecule has 0 amide bonds. The van der Waals surface area contributed by atoms with Crippen molar-refractivity contribution in [3.8, 4) is 11.5 Å². The van der Waals surface area contributed by atoms with Crippen LogP contribution in [0.5, 0.6) is 11.5 Å². The molecule has 4 heteroatoms. The summed E-state index contributed by atoms with van der Waals surface area (Å²) in [7, 11) is 1.63. The largest absolute Gasteiger partial charge is 0.493 e. The maximum Gasteiger partial charge on any atom is 0.161 e. The Balaban J connectivity index is 2.03. The lowest BCUT2D eigenvalue weighted by Crippen LogP contribution is -2.01. The van der Waals surface area contributed by atoms with Crippen LogP contribution in [-0.4, -0.2) is 13.7 Å². The predicted octanol–water partition coefficient (Wildman–Crippen LogP) is 4.53. The van der Waals surface area contributed by atoms with Gasteiger partial charge in [0.2, 0.25) is 0 Å². The standard InChI is InChI=1S/C17H18ClNO2/c1-3-10-21-16-9-4-13(11-17(16)20-2)12-19-15-7-5-14(18)6-8-15/h3-9,11,19H,1,10,12H2,2H3. The first kappa shape index (κ1) is 15.3. The smallest absolute Gasteiger partial charge is 0.161 e. The Kier molecular flexibility index (Phi) is 5.52. The average molecular weight is 304 g/mol. The van der Waals surface area contributed by atoms with Gasteiger partial charge in [-0.2, -0.15) is 0 Å². The van der Waals surface area contributed by atoms with Gasteiger partial charge >= 0.3 is 0 Å². The SMILES string of the molecule is C=CCOc1ccc(CNc2ccc(Cl)cc2)cc1OC. The molecule has 0 aromatic heterocycles. The van der Waals surface area contributed by atoms with Crippen LogP contribution in [0.2, 0.25) is 5.02 Å². The van der Waals surface area contributed by atoms with Crippen LogP contribution in [0.15, 0.2) is 55.1 Å². The van der Waals surface area contributed by atoms with Gasteiger partial charge in [-0.15, -0.1) is 0 Å². The fourth-order valence-electron chi connectivity index (χ4n) is 1.86. The first-order valence-corrected chi connectivity index (χ1v) is 7.01. The summed E-state index contributed by atoms with van der Waals surface area (Å²) in [5, 5.41) is 4.06. The second-order valence-corrected chi connectivity index (χ2v) is 4.88. The van der Waals surface area contributed by atoms with Gasteiger partial charge < -0.3 is 14.8 Å². The zero-order valence-electron chi connectivity index (χ0n) is 11.9. The molecule has 3 nitrogen and oxygen atoms in total. The van der Waals surface area contributed by atoms with Crippen molar-refractivity contribution in [1.82, 2.24) is 0 Å². The summed E-state index contributed by atoms with van der Waals surface area (Å²) in [4.78, 5) is 0. The van der Waals surface area contributed by atoms with Crippen molar-refractivity contribution in [2.24, 2.45) is 0 Å². The van der Waals surface area contributed by atoms with Crippen molar-refractivity contribution < 1.29 is 9.47 Å².